The van der Waals surface area contributed by atoms with Crippen molar-refractivity contribution in [1.82, 2.24) is 0 Å². The van der Waals surface area contributed by atoms with Crippen LogP contribution in [0.25, 0.3) is 0 Å². The van der Waals surface area contributed by atoms with Crippen molar-refractivity contribution < 1.29 is 4.79 Å². The van der Waals surface area contributed by atoms with E-state index in [9.17, 15) is 4.79 Å². The highest BCUT2D eigenvalue weighted by Gasteiger charge is 2.07. The highest BCUT2D eigenvalue weighted by Crippen LogP contribution is 2.36. The molecule has 0 aliphatic rings. The largest absolute Gasteiger partial charge is 0.295 e. The highest BCUT2D eigenvalue weighted by molar-refractivity contribution is 8.76. The number of ketones is 1. The maximum atomic E-state index is 11.9. The van der Waals surface area contributed by atoms with E-state index < -0.39 is 0 Å². The molecular formula is C22H20OS4. The van der Waals surface area contributed by atoms with E-state index in [2.05, 4.69) is 54.6 Å². The summed E-state index contributed by atoms with van der Waals surface area (Å²) in [5, 5.41) is 0. The van der Waals surface area contributed by atoms with Crippen LogP contribution in [-0.4, -0.2) is 5.78 Å². The molecule has 3 rings (SSSR count). The molecule has 0 N–H and O–H groups in total. The fourth-order valence-electron chi connectivity index (χ4n) is 2.42. The summed E-state index contributed by atoms with van der Waals surface area (Å²) in [5.41, 5.74) is 3.21. The van der Waals surface area contributed by atoms with Gasteiger partial charge in [-0.15, -0.1) is 0 Å². The number of carbonyl (C=O) groups is 1. The van der Waals surface area contributed by atoms with Crippen LogP contribution in [0.2, 0.25) is 0 Å². The van der Waals surface area contributed by atoms with Crippen LogP contribution in [0.15, 0.2) is 88.7 Å². The summed E-state index contributed by atoms with van der Waals surface area (Å²) in [5.74, 6) is 1.88. The minimum atomic E-state index is 0.125. The molecule has 138 valence electrons. The van der Waals surface area contributed by atoms with Crippen molar-refractivity contribution in [2.24, 2.45) is 0 Å². The minimum absolute atomic E-state index is 0.125. The average molecular weight is 429 g/mol. The van der Waals surface area contributed by atoms with Crippen LogP contribution in [0.5, 0.6) is 0 Å². The first-order chi connectivity index (χ1) is 13.2. The lowest BCUT2D eigenvalue weighted by atomic mass is 10.1. The average Bonchev–Trinajstić information content (AvgIpc) is 2.69. The Kier molecular flexibility index (Phi) is 8.27. The van der Waals surface area contributed by atoms with Gasteiger partial charge < -0.3 is 0 Å². The Morgan fingerprint density at radius 1 is 0.704 bits per heavy atom. The standard InChI is InChI=1S/C22H20OS4/c1-17(23)20-13-18(15-24-26-21-8-4-2-5-9-21)12-19(14-20)16-25-27-22-10-6-3-7-11-22/h2-14H,15-16H2,1H3. The van der Waals surface area contributed by atoms with Crippen molar-refractivity contribution in [3.8, 4) is 0 Å². The maximum Gasteiger partial charge on any atom is 0.159 e. The molecule has 1 nitrogen and oxygen atoms in total. The molecule has 27 heavy (non-hydrogen) atoms. The van der Waals surface area contributed by atoms with Crippen molar-refractivity contribution in [3.63, 3.8) is 0 Å². The van der Waals surface area contributed by atoms with Crippen molar-refractivity contribution in [1.29, 1.82) is 0 Å². The van der Waals surface area contributed by atoms with Gasteiger partial charge in [0.25, 0.3) is 0 Å². The van der Waals surface area contributed by atoms with Crippen molar-refractivity contribution >= 4 is 49.0 Å². The van der Waals surface area contributed by atoms with Crippen LogP contribution in [0.1, 0.15) is 28.4 Å². The van der Waals surface area contributed by atoms with E-state index in [1.807, 2.05) is 24.3 Å². The topological polar surface area (TPSA) is 17.1 Å². The maximum absolute atomic E-state index is 11.9. The van der Waals surface area contributed by atoms with E-state index in [-0.39, 0.29) is 5.78 Å². The summed E-state index contributed by atoms with van der Waals surface area (Å²) in [7, 11) is 7.15. The van der Waals surface area contributed by atoms with Gasteiger partial charge in [-0.3, -0.25) is 4.79 Å². The fourth-order valence-corrected chi connectivity index (χ4v) is 6.60. The number of hydrogen-bond acceptors (Lipinski definition) is 5. The van der Waals surface area contributed by atoms with Gasteiger partial charge in [-0.1, -0.05) is 85.6 Å². The number of carbonyl (C=O) groups excluding carboxylic acids is 1. The molecule has 0 fully saturated rings. The van der Waals surface area contributed by atoms with E-state index in [0.717, 1.165) is 17.1 Å². The monoisotopic (exact) mass is 428 g/mol. The molecule has 0 saturated carbocycles. The Labute approximate surface area is 176 Å². The smallest absolute Gasteiger partial charge is 0.159 e. The molecule has 0 aliphatic carbocycles. The fraction of sp³-hybridized carbons (Fsp3) is 0.136. The molecule has 3 aromatic rings. The number of Topliss-reactive ketones (excluding diaryl/α,β-unsaturated/α-hetero) is 1. The molecule has 0 unspecified atom stereocenters. The summed E-state index contributed by atoms with van der Waals surface area (Å²) in [6.45, 7) is 1.64. The third-order valence-corrected chi connectivity index (χ3v) is 8.34. The van der Waals surface area contributed by atoms with Crippen LogP contribution < -0.4 is 0 Å². The molecule has 0 heterocycles. The van der Waals surface area contributed by atoms with Gasteiger partial charge in [0.15, 0.2) is 5.78 Å². The summed E-state index contributed by atoms with van der Waals surface area (Å²) >= 11 is 0. The van der Waals surface area contributed by atoms with Gasteiger partial charge in [-0.05, 0) is 54.4 Å². The summed E-state index contributed by atoms with van der Waals surface area (Å²) in [4.78, 5) is 14.4. The minimum Gasteiger partial charge on any atom is -0.295 e. The molecular weight excluding hydrogens is 409 g/mol. The zero-order chi connectivity index (χ0) is 18.9. The third-order valence-electron chi connectivity index (χ3n) is 3.71. The number of benzene rings is 3. The molecule has 3 aromatic carbocycles. The van der Waals surface area contributed by atoms with Crippen LogP contribution in [0.4, 0.5) is 0 Å². The molecule has 0 amide bonds. The van der Waals surface area contributed by atoms with Crippen LogP contribution in [-0.2, 0) is 11.5 Å². The van der Waals surface area contributed by atoms with Gasteiger partial charge in [0.2, 0.25) is 0 Å². The Balaban J connectivity index is 1.60. The number of rotatable bonds is 9. The summed E-state index contributed by atoms with van der Waals surface area (Å²) < 4.78 is 0. The van der Waals surface area contributed by atoms with Crippen molar-refractivity contribution in [3.05, 3.63) is 95.6 Å². The quantitative estimate of drug-likeness (QED) is 0.255. The Bertz CT molecular complexity index is 802. The zero-order valence-corrected chi connectivity index (χ0v) is 18.2. The second-order valence-corrected chi connectivity index (χ2v) is 10.7. The molecule has 0 aliphatic heterocycles. The third kappa shape index (κ3) is 7.00. The zero-order valence-electron chi connectivity index (χ0n) is 15.0. The van der Waals surface area contributed by atoms with Gasteiger partial charge in [-0.25, -0.2) is 0 Å². The predicted octanol–water partition coefficient (Wildman–Crippen LogP) is 7.77. The van der Waals surface area contributed by atoms with Crippen LogP contribution in [0, 0.1) is 0 Å². The molecule has 5 heteroatoms. The van der Waals surface area contributed by atoms with Crippen LogP contribution >= 0.6 is 43.2 Å². The number of hydrogen-bond donors (Lipinski definition) is 0. The van der Waals surface area contributed by atoms with E-state index in [1.54, 1.807) is 50.1 Å². The molecule has 0 aromatic heterocycles. The first-order valence-corrected chi connectivity index (χ1v) is 13.2. The molecule has 0 spiro atoms. The van der Waals surface area contributed by atoms with Crippen molar-refractivity contribution in [2.45, 2.75) is 28.2 Å². The lowest BCUT2D eigenvalue weighted by Crippen LogP contribution is -1.96. The SMILES string of the molecule is CC(=O)c1cc(CSSc2ccccc2)cc(CSSc2ccccc2)c1. The van der Waals surface area contributed by atoms with Gasteiger partial charge >= 0.3 is 0 Å². The van der Waals surface area contributed by atoms with Crippen LogP contribution in [0.3, 0.4) is 0 Å². The molecule has 0 atom stereocenters. The Morgan fingerprint density at radius 2 is 1.15 bits per heavy atom. The highest BCUT2D eigenvalue weighted by atomic mass is 33.1. The first kappa shape index (κ1) is 20.5. The second-order valence-electron chi connectivity index (χ2n) is 5.91. The van der Waals surface area contributed by atoms with Gasteiger partial charge in [0.05, 0.1) is 0 Å². The lowest BCUT2D eigenvalue weighted by molar-refractivity contribution is 0.101. The molecule has 0 saturated heterocycles. The van der Waals surface area contributed by atoms with Gasteiger partial charge in [0, 0.05) is 26.9 Å². The van der Waals surface area contributed by atoms with Gasteiger partial charge in [-0.2, -0.15) is 0 Å². The lowest BCUT2D eigenvalue weighted by Gasteiger charge is -2.08. The molecule has 0 radical (unpaired) electrons. The normalized spacial score (nSPS) is 10.7. The van der Waals surface area contributed by atoms with E-state index in [0.29, 0.717) is 0 Å². The summed E-state index contributed by atoms with van der Waals surface area (Å²) in [6.07, 6.45) is 0. The van der Waals surface area contributed by atoms with E-state index >= 15 is 0 Å². The van der Waals surface area contributed by atoms with Gasteiger partial charge in [0.1, 0.15) is 0 Å². The Hall–Kier alpha value is -1.27. The first-order valence-electron chi connectivity index (χ1n) is 8.53. The predicted molar refractivity (Wildman–Crippen MR) is 124 cm³/mol. The Morgan fingerprint density at radius 3 is 1.56 bits per heavy atom. The molecule has 0 bridgehead atoms. The van der Waals surface area contributed by atoms with Crippen molar-refractivity contribution in [2.75, 3.05) is 0 Å². The van der Waals surface area contributed by atoms with E-state index in [4.69, 9.17) is 0 Å². The van der Waals surface area contributed by atoms with E-state index in [1.165, 1.54) is 20.9 Å². The summed E-state index contributed by atoms with van der Waals surface area (Å²) in [6, 6.07) is 27.0. The second kappa shape index (κ2) is 10.9.